The Kier molecular flexibility index (Phi) is 5.33. The van der Waals surface area contributed by atoms with Gasteiger partial charge in [0.25, 0.3) is 5.91 Å². The molecule has 1 atom stereocenters. The molecule has 0 aliphatic heterocycles. The average Bonchev–Trinajstić information content (AvgIpc) is 2.37. The Balaban J connectivity index is 2.92. The summed E-state index contributed by atoms with van der Waals surface area (Å²) in [5, 5.41) is 20.8. The van der Waals surface area contributed by atoms with Crippen LogP contribution in [0, 0.1) is 18.3 Å². The molecule has 22 heavy (non-hydrogen) atoms. The summed E-state index contributed by atoms with van der Waals surface area (Å²) in [6.07, 6.45) is 0. The minimum atomic E-state index is -3.57. The molecule has 6 nitrogen and oxygen atoms in total. The van der Waals surface area contributed by atoms with Crippen LogP contribution in [0.25, 0.3) is 0 Å². The predicted octanol–water partition coefficient (Wildman–Crippen LogP) is 1.38. The Morgan fingerprint density at radius 2 is 2.05 bits per heavy atom. The zero-order chi connectivity index (χ0) is 17.1. The van der Waals surface area contributed by atoms with Crippen molar-refractivity contribution in [1.82, 2.24) is 0 Å². The molecule has 0 radical (unpaired) electrons. The number of nitrogens with one attached hydrogen (secondary N) is 1. The van der Waals surface area contributed by atoms with Gasteiger partial charge < -0.3 is 10.4 Å². The average molecular weight is 324 g/mol. The van der Waals surface area contributed by atoms with Gasteiger partial charge in [-0.1, -0.05) is 0 Å². The van der Waals surface area contributed by atoms with Crippen LogP contribution in [-0.4, -0.2) is 36.0 Å². The van der Waals surface area contributed by atoms with E-state index in [4.69, 9.17) is 5.26 Å². The third-order valence-electron chi connectivity index (χ3n) is 3.29. The highest BCUT2D eigenvalue weighted by Crippen LogP contribution is 2.18. The zero-order valence-corrected chi connectivity index (χ0v) is 13.9. The molecule has 0 heterocycles. The van der Waals surface area contributed by atoms with Crippen LogP contribution in [-0.2, 0) is 14.6 Å². The molecule has 0 aliphatic rings. The minimum Gasteiger partial charge on any atom is -0.379 e. The fourth-order valence-corrected chi connectivity index (χ4v) is 3.00. The molecule has 0 saturated carbocycles. The molecule has 7 heteroatoms. The Bertz CT molecular complexity index is 716. The lowest BCUT2D eigenvalue weighted by Crippen LogP contribution is -2.47. The van der Waals surface area contributed by atoms with Crippen LogP contribution in [0.15, 0.2) is 18.2 Å². The second-order valence-corrected chi connectivity index (χ2v) is 8.28. The van der Waals surface area contributed by atoms with E-state index in [0.717, 1.165) is 0 Å². The van der Waals surface area contributed by atoms with Gasteiger partial charge in [-0.25, -0.2) is 8.42 Å². The van der Waals surface area contributed by atoms with Crippen molar-refractivity contribution in [2.75, 3.05) is 11.1 Å². The summed E-state index contributed by atoms with van der Waals surface area (Å²) in [6.45, 7) is 5.87. The van der Waals surface area contributed by atoms with E-state index in [9.17, 15) is 18.3 Å². The minimum absolute atomic E-state index is 0.392. The number of amides is 1. The zero-order valence-electron chi connectivity index (χ0n) is 13.0. The smallest absolute Gasteiger partial charge is 0.257 e. The van der Waals surface area contributed by atoms with E-state index in [2.05, 4.69) is 5.32 Å². The number of rotatable bonds is 5. The summed E-state index contributed by atoms with van der Waals surface area (Å²) in [4.78, 5) is 12.1. The number of nitriles is 1. The van der Waals surface area contributed by atoms with Crippen molar-refractivity contribution in [2.24, 2.45) is 0 Å². The molecule has 120 valence electrons. The summed E-state index contributed by atoms with van der Waals surface area (Å²) < 4.78 is 23.7. The monoisotopic (exact) mass is 324 g/mol. The van der Waals surface area contributed by atoms with Gasteiger partial charge in [-0.2, -0.15) is 5.26 Å². The normalized spacial score (nSPS) is 14.2. The number of sulfone groups is 1. The predicted molar refractivity (Wildman–Crippen MR) is 84.1 cm³/mol. The number of nitrogens with zero attached hydrogens (tertiary/aromatic N) is 1. The molecule has 0 saturated heterocycles. The highest BCUT2D eigenvalue weighted by Gasteiger charge is 2.37. The van der Waals surface area contributed by atoms with Crippen LogP contribution in [0.2, 0.25) is 0 Å². The third-order valence-corrected chi connectivity index (χ3v) is 5.70. The van der Waals surface area contributed by atoms with Crippen LogP contribution in [0.3, 0.4) is 0 Å². The maximum absolute atomic E-state index is 12.1. The van der Waals surface area contributed by atoms with Gasteiger partial charge in [0, 0.05) is 5.69 Å². The van der Waals surface area contributed by atoms with E-state index < -0.39 is 32.3 Å². The molecule has 0 aliphatic carbocycles. The van der Waals surface area contributed by atoms with Crippen molar-refractivity contribution >= 4 is 21.4 Å². The van der Waals surface area contributed by atoms with E-state index >= 15 is 0 Å². The Hall–Kier alpha value is -1.91. The quantitative estimate of drug-likeness (QED) is 0.851. The standard InChI is InChI=1S/C15H20N2O4S/c1-10(2)22(20,21)9-15(4,19)14(18)17-13-6-5-12(8-16)11(3)7-13/h5-7,10,19H,9H2,1-4H3,(H,17,18). The molecule has 0 fully saturated rings. The van der Waals surface area contributed by atoms with Gasteiger partial charge in [-0.05, 0) is 51.5 Å². The number of benzene rings is 1. The number of aliphatic hydroxyl groups is 1. The molecule has 0 aromatic heterocycles. The summed E-state index contributed by atoms with van der Waals surface area (Å²) >= 11 is 0. The Morgan fingerprint density at radius 3 is 2.50 bits per heavy atom. The molecule has 1 aromatic carbocycles. The third kappa shape index (κ3) is 4.29. The molecule has 1 rings (SSSR count). The van der Waals surface area contributed by atoms with Crippen LogP contribution in [0.5, 0.6) is 0 Å². The van der Waals surface area contributed by atoms with E-state index in [0.29, 0.717) is 16.8 Å². The van der Waals surface area contributed by atoms with Crippen molar-refractivity contribution in [2.45, 2.75) is 38.5 Å². The SMILES string of the molecule is Cc1cc(NC(=O)C(C)(O)CS(=O)(=O)C(C)C)ccc1C#N. The van der Waals surface area contributed by atoms with Gasteiger partial charge in [0.05, 0.1) is 22.6 Å². The second-order valence-electron chi connectivity index (χ2n) is 5.73. The van der Waals surface area contributed by atoms with Gasteiger partial charge in [0.15, 0.2) is 15.4 Å². The van der Waals surface area contributed by atoms with Gasteiger partial charge in [0.1, 0.15) is 0 Å². The number of carbonyl (C=O) groups is 1. The van der Waals surface area contributed by atoms with Crippen molar-refractivity contribution in [3.63, 3.8) is 0 Å². The first-order valence-electron chi connectivity index (χ1n) is 6.76. The highest BCUT2D eigenvalue weighted by molar-refractivity contribution is 7.92. The molecular weight excluding hydrogens is 304 g/mol. The molecule has 0 bridgehead atoms. The second kappa shape index (κ2) is 6.46. The number of carbonyl (C=O) groups excluding carboxylic acids is 1. The van der Waals surface area contributed by atoms with E-state index in [1.54, 1.807) is 19.1 Å². The fraction of sp³-hybridized carbons (Fsp3) is 0.467. The fourth-order valence-electron chi connectivity index (χ4n) is 1.76. The van der Waals surface area contributed by atoms with Gasteiger partial charge in [-0.15, -0.1) is 0 Å². The van der Waals surface area contributed by atoms with Gasteiger partial charge >= 0.3 is 0 Å². The van der Waals surface area contributed by atoms with Crippen molar-refractivity contribution in [1.29, 1.82) is 5.26 Å². The van der Waals surface area contributed by atoms with E-state index in [1.165, 1.54) is 26.8 Å². The molecule has 1 aromatic rings. The number of hydrogen-bond acceptors (Lipinski definition) is 5. The number of aryl methyl sites for hydroxylation is 1. The first-order valence-corrected chi connectivity index (χ1v) is 8.47. The van der Waals surface area contributed by atoms with Crippen LogP contribution in [0.1, 0.15) is 31.9 Å². The van der Waals surface area contributed by atoms with Gasteiger partial charge in [-0.3, -0.25) is 4.79 Å². The lowest BCUT2D eigenvalue weighted by atomic mass is 10.1. The van der Waals surface area contributed by atoms with Crippen LogP contribution < -0.4 is 5.32 Å². The van der Waals surface area contributed by atoms with Crippen molar-refractivity contribution in [3.8, 4) is 6.07 Å². The first kappa shape index (κ1) is 18.1. The largest absolute Gasteiger partial charge is 0.379 e. The van der Waals surface area contributed by atoms with Crippen LogP contribution >= 0.6 is 0 Å². The van der Waals surface area contributed by atoms with E-state index in [1.807, 2.05) is 6.07 Å². The molecule has 1 amide bonds. The molecular formula is C15H20N2O4S. The molecule has 2 N–H and O–H groups in total. The van der Waals surface area contributed by atoms with Crippen molar-refractivity contribution in [3.05, 3.63) is 29.3 Å². The molecule has 0 spiro atoms. The molecule has 1 unspecified atom stereocenters. The Labute approximate surface area is 130 Å². The summed E-state index contributed by atoms with van der Waals surface area (Å²) in [5.74, 6) is -1.46. The van der Waals surface area contributed by atoms with Crippen LogP contribution in [0.4, 0.5) is 5.69 Å². The lowest BCUT2D eigenvalue weighted by Gasteiger charge is -2.23. The summed E-state index contributed by atoms with van der Waals surface area (Å²) in [7, 11) is -3.57. The first-order chi connectivity index (χ1) is 9.99. The number of hydrogen-bond donors (Lipinski definition) is 2. The maximum atomic E-state index is 12.1. The topological polar surface area (TPSA) is 107 Å². The number of anilines is 1. The van der Waals surface area contributed by atoms with Gasteiger partial charge in [0.2, 0.25) is 0 Å². The summed E-state index contributed by atoms with van der Waals surface area (Å²) in [6, 6.07) is 6.67. The Morgan fingerprint density at radius 1 is 1.45 bits per heavy atom. The maximum Gasteiger partial charge on any atom is 0.257 e. The van der Waals surface area contributed by atoms with Crippen molar-refractivity contribution < 1.29 is 18.3 Å². The summed E-state index contributed by atoms with van der Waals surface area (Å²) in [5.41, 5.74) is -0.490. The lowest BCUT2D eigenvalue weighted by molar-refractivity contribution is -0.130. The highest BCUT2D eigenvalue weighted by atomic mass is 32.2. The van der Waals surface area contributed by atoms with E-state index in [-0.39, 0.29) is 0 Å².